The van der Waals surface area contributed by atoms with E-state index >= 15 is 0 Å². The van der Waals surface area contributed by atoms with Crippen molar-refractivity contribution >= 4 is 11.7 Å². The second kappa shape index (κ2) is 8.39. The topological polar surface area (TPSA) is 96.2 Å². The van der Waals surface area contributed by atoms with Gasteiger partial charge in [-0.3, -0.25) is 4.79 Å². The first-order valence-electron chi connectivity index (χ1n) is 6.50. The van der Waals surface area contributed by atoms with Gasteiger partial charge in [-0.15, -0.1) is 0 Å². The highest BCUT2D eigenvalue weighted by molar-refractivity contribution is 5.91. The van der Waals surface area contributed by atoms with Crippen molar-refractivity contribution in [2.75, 3.05) is 31.6 Å². The van der Waals surface area contributed by atoms with Gasteiger partial charge in [0.2, 0.25) is 0 Å². The van der Waals surface area contributed by atoms with E-state index in [9.17, 15) is 4.79 Å². The Morgan fingerprint density at radius 3 is 2.63 bits per heavy atom. The molecule has 7 heteroatoms. The van der Waals surface area contributed by atoms with E-state index in [1.807, 2.05) is 0 Å². The van der Waals surface area contributed by atoms with Crippen LogP contribution in [0.3, 0.4) is 0 Å². The van der Waals surface area contributed by atoms with Gasteiger partial charge in [-0.1, -0.05) is 13.8 Å². The van der Waals surface area contributed by atoms with Crippen molar-refractivity contribution in [3.63, 3.8) is 0 Å². The highest BCUT2D eigenvalue weighted by atomic mass is 16.1. The van der Waals surface area contributed by atoms with Crippen LogP contribution < -0.4 is 16.6 Å². The zero-order chi connectivity index (χ0) is 14.1. The number of hydrazine groups is 1. The SMILES string of the molecule is CCCN(CC)CCNC(=O)c1cnc(NN)cn1. The standard InChI is InChI=1S/C12H22N6O/c1-3-6-18(4-2)7-5-14-12(19)10-8-16-11(17-13)9-15-10/h8-9H,3-7,13H2,1-2H3,(H,14,19)(H,16,17). The van der Waals surface area contributed by atoms with Crippen LogP contribution in [0.2, 0.25) is 0 Å². The first-order chi connectivity index (χ1) is 9.21. The summed E-state index contributed by atoms with van der Waals surface area (Å²) in [5.41, 5.74) is 2.65. The van der Waals surface area contributed by atoms with Gasteiger partial charge in [-0.25, -0.2) is 15.8 Å². The van der Waals surface area contributed by atoms with Crippen molar-refractivity contribution < 1.29 is 4.79 Å². The summed E-state index contributed by atoms with van der Waals surface area (Å²) in [6.07, 6.45) is 3.93. The largest absolute Gasteiger partial charge is 0.349 e. The van der Waals surface area contributed by atoms with Crippen LogP contribution in [-0.2, 0) is 0 Å². The van der Waals surface area contributed by atoms with Gasteiger partial charge >= 0.3 is 0 Å². The van der Waals surface area contributed by atoms with E-state index in [2.05, 4.69) is 39.5 Å². The third-order valence-electron chi connectivity index (χ3n) is 2.73. The Labute approximate surface area is 113 Å². The monoisotopic (exact) mass is 266 g/mol. The highest BCUT2D eigenvalue weighted by Crippen LogP contribution is 1.98. The molecule has 0 fully saturated rings. The summed E-state index contributed by atoms with van der Waals surface area (Å²) in [7, 11) is 0. The van der Waals surface area contributed by atoms with Gasteiger partial charge in [0.05, 0.1) is 12.4 Å². The molecule has 0 bridgehead atoms. The van der Waals surface area contributed by atoms with Crippen LogP contribution >= 0.6 is 0 Å². The maximum Gasteiger partial charge on any atom is 0.271 e. The lowest BCUT2D eigenvalue weighted by Crippen LogP contribution is -2.35. The number of aromatic nitrogens is 2. The van der Waals surface area contributed by atoms with E-state index in [-0.39, 0.29) is 11.6 Å². The van der Waals surface area contributed by atoms with Crippen molar-refractivity contribution in [2.45, 2.75) is 20.3 Å². The Hall–Kier alpha value is -1.73. The molecular formula is C12H22N6O. The number of hydrogen-bond donors (Lipinski definition) is 3. The number of hydrogen-bond acceptors (Lipinski definition) is 6. The van der Waals surface area contributed by atoms with Gasteiger partial charge in [0.15, 0.2) is 5.82 Å². The third-order valence-corrected chi connectivity index (χ3v) is 2.73. The number of nitrogens with two attached hydrogens (primary N) is 1. The molecule has 0 radical (unpaired) electrons. The fraction of sp³-hybridized carbons (Fsp3) is 0.583. The Bertz CT molecular complexity index is 380. The normalized spacial score (nSPS) is 10.5. The second-order valence-corrected chi connectivity index (χ2v) is 4.12. The molecule has 1 aromatic rings. The zero-order valence-electron chi connectivity index (χ0n) is 11.5. The van der Waals surface area contributed by atoms with Gasteiger partial charge in [-0.2, -0.15) is 0 Å². The Morgan fingerprint density at radius 1 is 1.32 bits per heavy atom. The number of carbonyl (C=O) groups is 1. The van der Waals surface area contributed by atoms with E-state index in [1.54, 1.807) is 0 Å². The zero-order valence-corrected chi connectivity index (χ0v) is 11.5. The molecule has 106 valence electrons. The lowest BCUT2D eigenvalue weighted by molar-refractivity contribution is 0.0943. The van der Waals surface area contributed by atoms with E-state index in [0.717, 1.165) is 26.1 Å². The van der Waals surface area contributed by atoms with E-state index < -0.39 is 0 Å². The van der Waals surface area contributed by atoms with E-state index in [1.165, 1.54) is 12.4 Å². The Morgan fingerprint density at radius 2 is 2.11 bits per heavy atom. The number of rotatable bonds is 8. The molecule has 0 saturated carbocycles. The van der Waals surface area contributed by atoms with E-state index in [0.29, 0.717) is 12.4 Å². The van der Waals surface area contributed by atoms with Gasteiger partial charge in [-0.05, 0) is 19.5 Å². The summed E-state index contributed by atoms with van der Waals surface area (Å²) in [4.78, 5) is 22.0. The van der Waals surface area contributed by atoms with Crippen LogP contribution in [0.25, 0.3) is 0 Å². The molecule has 0 aliphatic rings. The van der Waals surface area contributed by atoms with Crippen molar-refractivity contribution in [3.05, 3.63) is 18.1 Å². The van der Waals surface area contributed by atoms with Gasteiger partial charge in [0.1, 0.15) is 5.69 Å². The average Bonchev–Trinajstić information content (AvgIpc) is 2.46. The fourth-order valence-corrected chi connectivity index (χ4v) is 1.68. The molecule has 19 heavy (non-hydrogen) atoms. The van der Waals surface area contributed by atoms with E-state index in [4.69, 9.17) is 5.84 Å². The fourth-order valence-electron chi connectivity index (χ4n) is 1.68. The number of nitrogen functional groups attached to an aromatic ring is 1. The molecule has 1 aromatic heterocycles. The van der Waals surface area contributed by atoms with Gasteiger partial charge in [0, 0.05) is 13.1 Å². The van der Waals surface area contributed by atoms with Crippen LogP contribution in [0, 0.1) is 0 Å². The predicted octanol–water partition coefficient (Wildman–Crippen LogP) is 0.224. The molecule has 1 rings (SSSR count). The maximum absolute atomic E-state index is 11.8. The molecule has 1 heterocycles. The molecule has 0 aromatic carbocycles. The number of carbonyl (C=O) groups excluding carboxylic acids is 1. The molecule has 0 aliphatic heterocycles. The summed E-state index contributed by atoms with van der Waals surface area (Å²) in [5, 5.41) is 2.82. The molecular weight excluding hydrogens is 244 g/mol. The van der Waals surface area contributed by atoms with Crippen LogP contribution in [0.5, 0.6) is 0 Å². The number of nitrogens with zero attached hydrogens (tertiary/aromatic N) is 3. The van der Waals surface area contributed by atoms with Crippen LogP contribution in [0.4, 0.5) is 5.82 Å². The highest BCUT2D eigenvalue weighted by Gasteiger charge is 2.08. The molecule has 0 atom stereocenters. The number of likely N-dealkylation sites (N-methyl/N-ethyl adjacent to an activating group) is 1. The number of nitrogens with one attached hydrogen (secondary N) is 2. The number of anilines is 1. The van der Waals surface area contributed by atoms with Crippen molar-refractivity contribution in [2.24, 2.45) is 5.84 Å². The van der Waals surface area contributed by atoms with Crippen LogP contribution in [0.15, 0.2) is 12.4 Å². The smallest absolute Gasteiger partial charge is 0.271 e. The van der Waals surface area contributed by atoms with Crippen LogP contribution in [0.1, 0.15) is 30.8 Å². The van der Waals surface area contributed by atoms with Crippen molar-refractivity contribution in [3.8, 4) is 0 Å². The lowest BCUT2D eigenvalue weighted by Gasteiger charge is -2.19. The molecule has 0 saturated heterocycles. The first kappa shape index (κ1) is 15.3. The second-order valence-electron chi connectivity index (χ2n) is 4.12. The quantitative estimate of drug-likeness (QED) is 0.460. The minimum absolute atomic E-state index is 0.219. The first-order valence-corrected chi connectivity index (χ1v) is 6.50. The molecule has 1 amide bonds. The van der Waals surface area contributed by atoms with Crippen molar-refractivity contribution in [1.82, 2.24) is 20.2 Å². The summed E-state index contributed by atoms with van der Waals surface area (Å²) in [6.45, 7) is 7.73. The molecule has 0 spiro atoms. The van der Waals surface area contributed by atoms with Crippen molar-refractivity contribution in [1.29, 1.82) is 0 Å². The van der Waals surface area contributed by atoms with Gasteiger partial charge < -0.3 is 15.6 Å². The van der Waals surface area contributed by atoms with Crippen LogP contribution in [-0.4, -0.2) is 47.0 Å². The third kappa shape index (κ3) is 5.19. The summed E-state index contributed by atoms with van der Waals surface area (Å²) >= 11 is 0. The predicted molar refractivity (Wildman–Crippen MR) is 74.6 cm³/mol. The maximum atomic E-state index is 11.8. The summed E-state index contributed by atoms with van der Waals surface area (Å²) in [5.74, 6) is 5.38. The summed E-state index contributed by atoms with van der Waals surface area (Å²) < 4.78 is 0. The minimum Gasteiger partial charge on any atom is -0.349 e. The minimum atomic E-state index is -0.219. The Balaban J connectivity index is 2.37. The average molecular weight is 266 g/mol. The molecule has 4 N–H and O–H groups in total. The molecule has 0 unspecified atom stereocenters. The number of amides is 1. The summed E-state index contributed by atoms with van der Waals surface area (Å²) in [6, 6.07) is 0. The molecule has 7 nitrogen and oxygen atoms in total. The molecule has 0 aliphatic carbocycles. The van der Waals surface area contributed by atoms with Gasteiger partial charge in [0.25, 0.3) is 5.91 Å². The Kier molecular flexibility index (Phi) is 6.76. The lowest BCUT2D eigenvalue weighted by atomic mass is 10.3.